The minimum absolute atomic E-state index is 0.657. The van der Waals surface area contributed by atoms with Crippen LogP contribution in [0.15, 0.2) is 29.4 Å². The van der Waals surface area contributed by atoms with Gasteiger partial charge in [0, 0.05) is 45.1 Å². The topological polar surface area (TPSA) is 80.5 Å². The van der Waals surface area contributed by atoms with Crippen LogP contribution in [-0.4, -0.2) is 55.4 Å². The summed E-state index contributed by atoms with van der Waals surface area (Å²) in [6.07, 6.45) is 3.56. The van der Waals surface area contributed by atoms with Crippen molar-refractivity contribution in [3.8, 4) is 0 Å². The van der Waals surface area contributed by atoms with Crippen molar-refractivity contribution in [1.82, 2.24) is 9.88 Å². The number of rotatable bonds is 8. The fourth-order valence-corrected chi connectivity index (χ4v) is 1.51. The predicted molar refractivity (Wildman–Crippen MR) is 71.2 cm³/mol. The van der Waals surface area contributed by atoms with Crippen molar-refractivity contribution in [3.05, 3.63) is 30.1 Å². The molecule has 0 atom stereocenters. The summed E-state index contributed by atoms with van der Waals surface area (Å²) >= 11 is 0. The van der Waals surface area contributed by atoms with Gasteiger partial charge >= 0.3 is 0 Å². The molecule has 4 N–H and O–H groups in total. The first kappa shape index (κ1) is 13.8. The summed E-state index contributed by atoms with van der Waals surface area (Å²) in [7, 11) is 0. The lowest BCUT2D eigenvalue weighted by Crippen LogP contribution is -2.35. The van der Waals surface area contributed by atoms with Crippen LogP contribution in [0, 0.1) is 0 Å². The first-order chi connectivity index (χ1) is 8.36. The molecule has 0 unspecified atom stereocenters. The van der Waals surface area contributed by atoms with Gasteiger partial charge in [-0.1, -0.05) is 6.07 Å². The zero-order valence-electron chi connectivity index (χ0n) is 10.1. The van der Waals surface area contributed by atoms with Crippen LogP contribution in [0.5, 0.6) is 0 Å². The standard InChI is InChI=1S/C12H21N5/c13-4-8-17(9-5-14)10-7-15-11-12-3-1-2-6-16-12/h1-3,6,11H,4-5,7-10,13-14H2. The van der Waals surface area contributed by atoms with Gasteiger partial charge in [0.15, 0.2) is 0 Å². The summed E-state index contributed by atoms with van der Waals surface area (Å²) in [5.41, 5.74) is 11.9. The number of aliphatic imine (C=N–C) groups is 1. The van der Waals surface area contributed by atoms with Crippen LogP contribution in [0.3, 0.4) is 0 Å². The van der Waals surface area contributed by atoms with Crippen LogP contribution >= 0.6 is 0 Å². The Kier molecular flexibility index (Phi) is 7.13. The van der Waals surface area contributed by atoms with E-state index in [4.69, 9.17) is 11.5 Å². The summed E-state index contributed by atoms with van der Waals surface area (Å²) in [5, 5.41) is 0. The first-order valence-electron chi connectivity index (χ1n) is 5.90. The van der Waals surface area contributed by atoms with Crippen molar-refractivity contribution in [2.75, 3.05) is 39.3 Å². The van der Waals surface area contributed by atoms with E-state index in [2.05, 4.69) is 14.9 Å². The highest BCUT2D eigenvalue weighted by Crippen LogP contribution is 1.90. The van der Waals surface area contributed by atoms with Crippen molar-refractivity contribution in [3.63, 3.8) is 0 Å². The molecule has 1 heterocycles. The third-order valence-corrected chi connectivity index (χ3v) is 2.35. The minimum atomic E-state index is 0.657. The van der Waals surface area contributed by atoms with Crippen LogP contribution in [0.25, 0.3) is 0 Å². The van der Waals surface area contributed by atoms with E-state index in [1.165, 1.54) is 0 Å². The molecule has 1 aromatic heterocycles. The van der Waals surface area contributed by atoms with Gasteiger partial charge in [0.2, 0.25) is 0 Å². The lowest BCUT2D eigenvalue weighted by molar-refractivity contribution is 0.297. The summed E-state index contributed by atoms with van der Waals surface area (Å²) in [6, 6.07) is 5.77. The van der Waals surface area contributed by atoms with E-state index >= 15 is 0 Å². The zero-order valence-corrected chi connectivity index (χ0v) is 10.1. The Labute approximate surface area is 103 Å². The summed E-state index contributed by atoms with van der Waals surface area (Å²) in [5.74, 6) is 0. The van der Waals surface area contributed by atoms with E-state index < -0.39 is 0 Å². The number of aromatic nitrogens is 1. The second-order valence-electron chi connectivity index (χ2n) is 3.71. The van der Waals surface area contributed by atoms with E-state index in [1.54, 1.807) is 12.4 Å². The van der Waals surface area contributed by atoms with Gasteiger partial charge in [0.05, 0.1) is 12.2 Å². The molecule has 0 radical (unpaired) electrons. The summed E-state index contributed by atoms with van der Waals surface area (Å²) < 4.78 is 0. The van der Waals surface area contributed by atoms with E-state index in [0.29, 0.717) is 13.1 Å². The van der Waals surface area contributed by atoms with E-state index in [1.807, 2.05) is 18.2 Å². The molecule has 0 aromatic carbocycles. The number of hydrogen-bond acceptors (Lipinski definition) is 5. The molecule has 0 fully saturated rings. The van der Waals surface area contributed by atoms with Crippen molar-refractivity contribution in [2.24, 2.45) is 16.5 Å². The second kappa shape index (κ2) is 8.81. The normalized spacial score (nSPS) is 11.5. The van der Waals surface area contributed by atoms with Gasteiger partial charge in [-0.3, -0.25) is 14.9 Å². The van der Waals surface area contributed by atoms with Gasteiger partial charge in [0.25, 0.3) is 0 Å². The lowest BCUT2D eigenvalue weighted by Gasteiger charge is -2.19. The molecule has 0 saturated heterocycles. The van der Waals surface area contributed by atoms with Gasteiger partial charge in [0.1, 0.15) is 0 Å². The van der Waals surface area contributed by atoms with E-state index in [-0.39, 0.29) is 0 Å². The maximum atomic E-state index is 5.52. The smallest absolute Gasteiger partial charge is 0.0807 e. The third kappa shape index (κ3) is 6.11. The SMILES string of the molecule is NCCN(CCN)CCN=Cc1ccccn1. The summed E-state index contributed by atoms with van der Waals surface area (Å²) in [4.78, 5) is 10.7. The number of hydrogen-bond donors (Lipinski definition) is 2. The number of nitrogens with zero attached hydrogens (tertiary/aromatic N) is 3. The molecule has 0 spiro atoms. The molecular formula is C12H21N5. The Hall–Kier alpha value is -1.30. The molecule has 1 rings (SSSR count). The van der Waals surface area contributed by atoms with E-state index in [9.17, 15) is 0 Å². The number of nitrogens with two attached hydrogens (primary N) is 2. The molecular weight excluding hydrogens is 214 g/mol. The third-order valence-electron chi connectivity index (χ3n) is 2.35. The maximum Gasteiger partial charge on any atom is 0.0807 e. The molecule has 0 amide bonds. The monoisotopic (exact) mass is 235 g/mol. The highest BCUT2D eigenvalue weighted by Gasteiger charge is 2.00. The fourth-order valence-electron chi connectivity index (χ4n) is 1.51. The molecule has 0 bridgehead atoms. The van der Waals surface area contributed by atoms with Gasteiger partial charge < -0.3 is 11.5 Å². The Morgan fingerprint density at radius 2 is 1.94 bits per heavy atom. The maximum absolute atomic E-state index is 5.52. The van der Waals surface area contributed by atoms with Gasteiger partial charge in [-0.05, 0) is 12.1 Å². The Morgan fingerprint density at radius 1 is 1.18 bits per heavy atom. The number of pyridine rings is 1. The average Bonchev–Trinajstić information content (AvgIpc) is 2.36. The van der Waals surface area contributed by atoms with E-state index in [0.717, 1.165) is 31.9 Å². The van der Waals surface area contributed by atoms with Crippen molar-refractivity contribution in [2.45, 2.75) is 0 Å². The predicted octanol–water partition coefficient (Wildman–Crippen LogP) is -0.280. The second-order valence-corrected chi connectivity index (χ2v) is 3.71. The minimum Gasteiger partial charge on any atom is -0.329 e. The highest BCUT2D eigenvalue weighted by atomic mass is 15.1. The zero-order chi connectivity index (χ0) is 12.3. The Morgan fingerprint density at radius 3 is 2.53 bits per heavy atom. The largest absolute Gasteiger partial charge is 0.329 e. The molecule has 0 saturated carbocycles. The molecule has 5 heteroatoms. The molecule has 0 aliphatic heterocycles. The average molecular weight is 235 g/mol. The highest BCUT2D eigenvalue weighted by molar-refractivity contribution is 5.76. The quantitative estimate of drug-likeness (QED) is 0.607. The summed E-state index contributed by atoms with van der Waals surface area (Å²) in [6.45, 7) is 4.69. The fraction of sp³-hybridized carbons (Fsp3) is 0.500. The Bertz CT molecular complexity index is 306. The van der Waals surface area contributed by atoms with Crippen molar-refractivity contribution < 1.29 is 0 Å². The molecule has 94 valence electrons. The Balaban J connectivity index is 2.28. The van der Waals surface area contributed by atoms with Gasteiger partial charge in [-0.15, -0.1) is 0 Å². The van der Waals surface area contributed by atoms with Crippen LogP contribution in [-0.2, 0) is 0 Å². The van der Waals surface area contributed by atoms with Crippen molar-refractivity contribution in [1.29, 1.82) is 0 Å². The first-order valence-corrected chi connectivity index (χ1v) is 5.90. The molecule has 0 aliphatic carbocycles. The molecule has 5 nitrogen and oxygen atoms in total. The van der Waals surface area contributed by atoms with Gasteiger partial charge in [-0.25, -0.2) is 0 Å². The van der Waals surface area contributed by atoms with Crippen molar-refractivity contribution >= 4 is 6.21 Å². The molecule has 0 aliphatic rings. The molecule has 1 aromatic rings. The molecule has 17 heavy (non-hydrogen) atoms. The van der Waals surface area contributed by atoms with Crippen LogP contribution in [0.4, 0.5) is 0 Å². The van der Waals surface area contributed by atoms with Crippen LogP contribution in [0.1, 0.15) is 5.69 Å². The van der Waals surface area contributed by atoms with Gasteiger partial charge in [-0.2, -0.15) is 0 Å². The lowest BCUT2D eigenvalue weighted by atomic mass is 10.4. The van der Waals surface area contributed by atoms with Crippen LogP contribution < -0.4 is 11.5 Å². The van der Waals surface area contributed by atoms with Crippen LogP contribution in [0.2, 0.25) is 0 Å².